The van der Waals surface area contributed by atoms with Gasteiger partial charge in [-0.05, 0) is 37.1 Å². The zero-order valence-electron chi connectivity index (χ0n) is 17.5. The van der Waals surface area contributed by atoms with Crippen LogP contribution in [0.15, 0.2) is 24.3 Å². The lowest BCUT2D eigenvalue weighted by molar-refractivity contribution is 0.0959. The molecule has 1 aromatic carbocycles. The quantitative estimate of drug-likeness (QED) is 0.543. The zero-order chi connectivity index (χ0) is 22.0. The lowest BCUT2D eigenvalue weighted by atomic mass is 10.1. The van der Waals surface area contributed by atoms with E-state index in [0.717, 1.165) is 34.7 Å². The lowest BCUT2D eigenvalue weighted by Crippen LogP contribution is -2.44. The van der Waals surface area contributed by atoms with E-state index in [2.05, 4.69) is 20.9 Å². The maximum Gasteiger partial charge on any atom is 0.263 e. The molecule has 0 spiro atoms. The molecule has 1 fully saturated rings. The molecule has 2 aromatic heterocycles. The van der Waals surface area contributed by atoms with E-state index >= 15 is 0 Å². The molecule has 0 aliphatic carbocycles. The van der Waals surface area contributed by atoms with Gasteiger partial charge in [0.25, 0.3) is 5.91 Å². The van der Waals surface area contributed by atoms with E-state index in [1.54, 1.807) is 7.05 Å². The molecule has 0 unspecified atom stereocenters. The van der Waals surface area contributed by atoms with Crippen molar-refractivity contribution in [1.29, 1.82) is 0 Å². The Morgan fingerprint density at radius 3 is 2.74 bits per heavy atom. The maximum absolute atomic E-state index is 14.6. The molecule has 3 heterocycles. The summed E-state index contributed by atoms with van der Waals surface area (Å²) in [4.78, 5) is 20.4. The Hall–Kier alpha value is -2.78. The van der Waals surface area contributed by atoms with Crippen LogP contribution in [0.4, 0.5) is 20.2 Å². The Morgan fingerprint density at radius 2 is 2.00 bits per heavy atom. The number of pyridine rings is 1. The SMILES string of the molecule is CNc1c(C(=O)NCCc2cc(F)c(N3CCNCC3)cc2F)sc2nc(C)ccc12. The number of nitrogens with zero attached hydrogens (tertiary/aromatic N) is 2. The van der Waals surface area contributed by atoms with E-state index in [-0.39, 0.29) is 24.4 Å². The number of aryl methyl sites for hydroxylation is 1. The van der Waals surface area contributed by atoms with Gasteiger partial charge in [0, 0.05) is 56.9 Å². The van der Waals surface area contributed by atoms with Gasteiger partial charge in [0.05, 0.1) is 11.4 Å². The topological polar surface area (TPSA) is 69.3 Å². The van der Waals surface area contributed by atoms with Crippen LogP contribution in [0.2, 0.25) is 0 Å². The van der Waals surface area contributed by atoms with Gasteiger partial charge >= 0.3 is 0 Å². The summed E-state index contributed by atoms with van der Waals surface area (Å²) in [5.74, 6) is -1.15. The first-order valence-electron chi connectivity index (χ1n) is 10.3. The van der Waals surface area contributed by atoms with Crippen LogP contribution in [-0.4, -0.2) is 50.7 Å². The maximum atomic E-state index is 14.6. The van der Waals surface area contributed by atoms with Crippen molar-refractivity contribution in [3.63, 3.8) is 0 Å². The second-order valence-corrected chi connectivity index (χ2v) is 8.50. The molecule has 164 valence electrons. The summed E-state index contributed by atoms with van der Waals surface area (Å²) in [6.45, 7) is 4.88. The number of anilines is 2. The minimum atomic E-state index is -0.457. The fourth-order valence-corrected chi connectivity index (χ4v) is 4.93. The average Bonchev–Trinajstić information content (AvgIpc) is 3.14. The van der Waals surface area contributed by atoms with Crippen molar-refractivity contribution in [3.8, 4) is 0 Å². The molecule has 6 nitrogen and oxygen atoms in total. The number of amides is 1. The lowest BCUT2D eigenvalue weighted by Gasteiger charge is -2.30. The van der Waals surface area contributed by atoms with Gasteiger partial charge in [-0.25, -0.2) is 13.8 Å². The summed E-state index contributed by atoms with van der Waals surface area (Å²) in [7, 11) is 1.76. The molecule has 0 atom stereocenters. The van der Waals surface area contributed by atoms with Gasteiger partial charge in [0.2, 0.25) is 0 Å². The van der Waals surface area contributed by atoms with Crippen LogP contribution in [0.3, 0.4) is 0 Å². The summed E-state index contributed by atoms with van der Waals surface area (Å²) in [5.41, 5.74) is 2.14. The highest BCUT2D eigenvalue weighted by Crippen LogP contribution is 2.34. The van der Waals surface area contributed by atoms with Gasteiger partial charge in [-0.2, -0.15) is 0 Å². The van der Waals surface area contributed by atoms with Gasteiger partial charge in [-0.1, -0.05) is 0 Å². The van der Waals surface area contributed by atoms with Gasteiger partial charge in [0.15, 0.2) is 0 Å². The van der Waals surface area contributed by atoms with Crippen LogP contribution >= 0.6 is 11.3 Å². The van der Waals surface area contributed by atoms with Crippen molar-refractivity contribution >= 4 is 38.8 Å². The fourth-order valence-electron chi connectivity index (χ4n) is 3.79. The number of fused-ring (bicyclic) bond motifs is 1. The Labute approximate surface area is 183 Å². The van der Waals surface area contributed by atoms with Gasteiger partial charge in [0.1, 0.15) is 21.3 Å². The molecular formula is C22H25F2N5OS. The van der Waals surface area contributed by atoms with E-state index in [9.17, 15) is 13.6 Å². The Balaban J connectivity index is 1.44. The molecule has 0 bridgehead atoms. The second-order valence-electron chi connectivity index (χ2n) is 7.50. The van der Waals surface area contributed by atoms with Crippen LogP contribution in [0, 0.1) is 18.6 Å². The van der Waals surface area contributed by atoms with E-state index in [1.165, 1.54) is 23.5 Å². The van der Waals surface area contributed by atoms with Gasteiger partial charge < -0.3 is 20.9 Å². The number of benzene rings is 1. The van der Waals surface area contributed by atoms with Crippen molar-refractivity contribution < 1.29 is 13.6 Å². The molecule has 1 amide bonds. The highest BCUT2D eigenvalue weighted by atomic mass is 32.1. The third kappa shape index (κ3) is 4.47. The molecular weight excluding hydrogens is 420 g/mol. The standard InChI is InChI=1S/C22H25F2N5OS/c1-13-3-4-15-19(25-2)20(31-22(15)28-13)21(30)27-6-5-14-11-17(24)18(12-16(14)23)29-9-7-26-8-10-29/h3-4,11-12,25-26H,5-10H2,1-2H3,(H,27,30). The number of thiophene rings is 1. The molecule has 3 aromatic rings. The zero-order valence-corrected chi connectivity index (χ0v) is 18.3. The highest BCUT2D eigenvalue weighted by molar-refractivity contribution is 7.21. The van der Waals surface area contributed by atoms with Crippen LogP contribution in [0.25, 0.3) is 10.2 Å². The van der Waals surface area contributed by atoms with Crippen molar-refractivity contribution in [2.75, 3.05) is 50.0 Å². The number of aromatic nitrogens is 1. The minimum Gasteiger partial charge on any atom is -0.386 e. The van der Waals surface area contributed by atoms with E-state index in [1.807, 2.05) is 24.0 Å². The van der Waals surface area contributed by atoms with E-state index in [4.69, 9.17) is 0 Å². The van der Waals surface area contributed by atoms with Gasteiger partial charge in [-0.15, -0.1) is 11.3 Å². The predicted octanol–water partition coefficient (Wildman–Crippen LogP) is 3.31. The average molecular weight is 446 g/mol. The number of nitrogens with one attached hydrogen (secondary N) is 3. The molecule has 1 aliphatic heterocycles. The third-order valence-corrected chi connectivity index (χ3v) is 6.50. The molecule has 1 saturated heterocycles. The monoisotopic (exact) mass is 445 g/mol. The molecule has 9 heteroatoms. The van der Waals surface area contributed by atoms with Crippen LogP contribution < -0.4 is 20.9 Å². The minimum absolute atomic E-state index is 0.200. The summed E-state index contributed by atoms with van der Waals surface area (Å²) < 4.78 is 29.2. The molecule has 4 rings (SSSR count). The van der Waals surface area contributed by atoms with E-state index < -0.39 is 11.6 Å². The largest absolute Gasteiger partial charge is 0.386 e. The van der Waals surface area contributed by atoms with Crippen molar-refractivity contribution in [3.05, 3.63) is 52.0 Å². The number of halogens is 2. The smallest absolute Gasteiger partial charge is 0.263 e. The third-order valence-electron chi connectivity index (χ3n) is 5.40. The summed E-state index contributed by atoms with van der Waals surface area (Å²) >= 11 is 1.31. The Kier molecular flexibility index (Phi) is 6.33. The molecule has 31 heavy (non-hydrogen) atoms. The Bertz CT molecular complexity index is 1110. The predicted molar refractivity (Wildman–Crippen MR) is 121 cm³/mol. The number of hydrogen-bond acceptors (Lipinski definition) is 6. The number of carbonyl (C=O) groups excluding carboxylic acids is 1. The normalized spacial score (nSPS) is 14.1. The summed E-state index contributed by atoms with van der Waals surface area (Å²) in [6, 6.07) is 6.34. The fraction of sp³-hybridized carbons (Fsp3) is 0.364. The number of hydrogen-bond donors (Lipinski definition) is 3. The molecule has 0 saturated carbocycles. The van der Waals surface area contributed by atoms with Crippen molar-refractivity contribution in [2.24, 2.45) is 0 Å². The Morgan fingerprint density at radius 1 is 1.23 bits per heavy atom. The number of rotatable bonds is 6. The van der Waals surface area contributed by atoms with Gasteiger partial charge in [-0.3, -0.25) is 4.79 Å². The van der Waals surface area contributed by atoms with E-state index in [0.29, 0.717) is 23.7 Å². The highest BCUT2D eigenvalue weighted by Gasteiger charge is 2.20. The molecule has 3 N–H and O–H groups in total. The summed E-state index contributed by atoms with van der Waals surface area (Å²) in [5, 5.41) is 9.97. The van der Waals surface area contributed by atoms with Crippen LogP contribution in [-0.2, 0) is 6.42 Å². The first-order valence-corrected chi connectivity index (χ1v) is 11.1. The first kappa shape index (κ1) is 21.5. The van der Waals surface area contributed by atoms with Crippen LogP contribution in [0.1, 0.15) is 20.9 Å². The van der Waals surface area contributed by atoms with Crippen molar-refractivity contribution in [2.45, 2.75) is 13.3 Å². The van der Waals surface area contributed by atoms with Crippen molar-refractivity contribution in [1.82, 2.24) is 15.6 Å². The first-order chi connectivity index (χ1) is 15.0. The molecule has 1 aliphatic rings. The number of piperazine rings is 1. The summed E-state index contributed by atoms with van der Waals surface area (Å²) in [6.07, 6.45) is 0.202. The number of carbonyl (C=O) groups is 1. The van der Waals surface area contributed by atoms with Crippen LogP contribution in [0.5, 0.6) is 0 Å². The second kappa shape index (κ2) is 9.15. The molecule has 0 radical (unpaired) electrons.